The van der Waals surface area contributed by atoms with E-state index in [1.54, 1.807) is 64.2 Å². The summed E-state index contributed by atoms with van der Waals surface area (Å²) in [5.74, 6) is -0.0207. The number of hydrogen-bond acceptors (Lipinski definition) is 6. The zero-order chi connectivity index (χ0) is 26.0. The molecule has 0 fully saturated rings. The van der Waals surface area contributed by atoms with Crippen molar-refractivity contribution in [1.29, 1.82) is 0 Å². The minimum atomic E-state index is -0.673. The Morgan fingerprint density at radius 3 is 2.50 bits per heavy atom. The Morgan fingerprint density at radius 1 is 1.14 bits per heavy atom. The monoisotopic (exact) mass is 510 g/mol. The molecule has 0 aliphatic rings. The second kappa shape index (κ2) is 10.1. The van der Waals surface area contributed by atoms with Crippen molar-refractivity contribution in [1.82, 2.24) is 19.5 Å². The van der Waals surface area contributed by atoms with Crippen molar-refractivity contribution in [2.45, 2.75) is 49.1 Å². The number of rotatable bonds is 6. The average molecular weight is 511 g/mol. The number of nitrogens with one attached hydrogen (secondary N) is 1. The van der Waals surface area contributed by atoms with E-state index < -0.39 is 23.6 Å². The van der Waals surface area contributed by atoms with Crippen LogP contribution < -0.4 is 15.6 Å². The number of ether oxygens (including phenoxy) is 2. The van der Waals surface area contributed by atoms with Crippen molar-refractivity contribution >= 4 is 23.4 Å². The van der Waals surface area contributed by atoms with Crippen LogP contribution in [0.3, 0.4) is 0 Å². The Bertz CT molecular complexity index is 1460. The smallest absolute Gasteiger partial charge is 0.408 e. The molecule has 36 heavy (non-hydrogen) atoms. The number of carbonyl (C=O) groups is 1. The highest BCUT2D eigenvalue weighted by molar-refractivity contribution is 7.99. The predicted molar refractivity (Wildman–Crippen MR) is 136 cm³/mol. The molecule has 2 aromatic carbocycles. The second-order valence-electron chi connectivity index (χ2n) is 9.07. The van der Waals surface area contributed by atoms with Crippen LogP contribution >= 0.6 is 11.8 Å². The topological polar surface area (TPSA) is 86.9 Å². The zero-order valence-electron chi connectivity index (χ0n) is 20.6. The highest BCUT2D eigenvalue weighted by Crippen LogP contribution is 2.33. The maximum Gasteiger partial charge on any atom is 0.408 e. The molecule has 0 saturated carbocycles. The van der Waals surface area contributed by atoms with Gasteiger partial charge in [0.2, 0.25) is 0 Å². The highest BCUT2D eigenvalue weighted by Gasteiger charge is 2.24. The van der Waals surface area contributed by atoms with Crippen LogP contribution in [0.1, 0.15) is 39.6 Å². The van der Waals surface area contributed by atoms with Crippen molar-refractivity contribution in [2.24, 2.45) is 0 Å². The number of hydrogen-bond donors (Lipinski definition) is 1. The third-order valence-electron chi connectivity index (χ3n) is 5.16. The van der Waals surface area contributed by atoms with Gasteiger partial charge in [0.1, 0.15) is 11.1 Å². The summed E-state index contributed by atoms with van der Waals surface area (Å²) in [4.78, 5) is 27.5. The van der Waals surface area contributed by atoms with Gasteiger partial charge in [-0.15, -0.1) is 0 Å². The van der Waals surface area contributed by atoms with Crippen LogP contribution in [0.5, 0.6) is 5.75 Å². The fourth-order valence-electron chi connectivity index (χ4n) is 3.63. The van der Waals surface area contributed by atoms with Gasteiger partial charge in [0.15, 0.2) is 17.4 Å². The van der Waals surface area contributed by atoms with Crippen molar-refractivity contribution < 1.29 is 18.7 Å². The second-order valence-corrected chi connectivity index (χ2v) is 10.2. The number of alkyl carbamates (subject to hydrolysis) is 1. The van der Waals surface area contributed by atoms with E-state index in [2.05, 4.69) is 10.4 Å². The largest absolute Gasteiger partial charge is 0.494 e. The molecule has 10 heteroatoms. The van der Waals surface area contributed by atoms with Gasteiger partial charge in [-0.3, -0.25) is 9.36 Å². The van der Waals surface area contributed by atoms with Gasteiger partial charge in [-0.2, -0.15) is 5.10 Å². The number of benzene rings is 2. The Balaban J connectivity index is 1.80. The van der Waals surface area contributed by atoms with Crippen molar-refractivity contribution in [3.8, 4) is 11.4 Å². The SMILES string of the molecule is COc1ccc(Sc2ccn3nc([C@H](C)NC(=O)OC(C)(C)C)n(-c4ccccc4)c(=O)c23)cc1F. The molecule has 2 heterocycles. The number of nitrogens with zero attached hydrogens (tertiary/aromatic N) is 3. The van der Waals surface area contributed by atoms with E-state index in [-0.39, 0.29) is 11.3 Å². The molecule has 2 aromatic heterocycles. The normalized spacial score (nSPS) is 12.4. The molecular weight excluding hydrogens is 483 g/mol. The molecule has 188 valence electrons. The fourth-order valence-corrected chi connectivity index (χ4v) is 4.59. The summed E-state index contributed by atoms with van der Waals surface area (Å²) in [7, 11) is 1.40. The predicted octanol–water partition coefficient (Wildman–Crippen LogP) is 5.37. The van der Waals surface area contributed by atoms with Crippen LogP contribution in [-0.2, 0) is 4.74 Å². The average Bonchev–Trinajstić information content (AvgIpc) is 3.21. The van der Waals surface area contributed by atoms with Crippen molar-refractivity contribution in [3.05, 3.63) is 82.8 Å². The van der Waals surface area contributed by atoms with E-state index in [9.17, 15) is 14.0 Å². The lowest BCUT2D eigenvalue weighted by Crippen LogP contribution is -2.37. The first-order valence-corrected chi connectivity index (χ1v) is 12.1. The summed E-state index contributed by atoms with van der Waals surface area (Å²) in [6.45, 7) is 7.05. The van der Waals surface area contributed by atoms with Gasteiger partial charge in [-0.1, -0.05) is 30.0 Å². The van der Waals surface area contributed by atoms with Crippen molar-refractivity contribution in [2.75, 3.05) is 7.11 Å². The van der Waals surface area contributed by atoms with Gasteiger partial charge >= 0.3 is 6.09 Å². The Hall–Kier alpha value is -3.79. The lowest BCUT2D eigenvalue weighted by molar-refractivity contribution is 0.0505. The summed E-state index contributed by atoms with van der Waals surface area (Å²) >= 11 is 1.25. The van der Waals surface area contributed by atoms with Crippen LogP contribution in [0.4, 0.5) is 9.18 Å². The third kappa shape index (κ3) is 5.38. The standard InChI is InChI=1S/C26H27FN4O4S/c1-16(28-25(33)35-26(2,3)4)23-29-30-14-13-21(36-18-11-12-20(34-5)19(27)15-18)22(30)24(32)31(23)17-9-7-6-8-10-17/h6-16H,1-5H3,(H,28,33)/t16-/m0/s1. The van der Waals surface area contributed by atoms with Gasteiger partial charge in [0.05, 0.1) is 18.8 Å². The highest BCUT2D eigenvalue weighted by atomic mass is 32.2. The number of carbonyl (C=O) groups excluding carboxylic acids is 1. The molecule has 1 amide bonds. The third-order valence-corrected chi connectivity index (χ3v) is 6.20. The van der Waals surface area contributed by atoms with Crippen LogP contribution in [0.15, 0.2) is 75.4 Å². The molecule has 0 radical (unpaired) electrons. The van der Waals surface area contributed by atoms with Crippen LogP contribution in [-0.4, -0.2) is 33.0 Å². The van der Waals surface area contributed by atoms with Gasteiger partial charge in [0, 0.05) is 16.0 Å². The fraction of sp³-hybridized carbons (Fsp3) is 0.269. The molecule has 0 bridgehead atoms. The summed E-state index contributed by atoms with van der Waals surface area (Å²) in [5, 5.41) is 7.43. The lowest BCUT2D eigenvalue weighted by Gasteiger charge is -2.23. The molecule has 1 atom stereocenters. The Morgan fingerprint density at radius 2 is 1.86 bits per heavy atom. The van der Waals surface area contributed by atoms with E-state index in [4.69, 9.17) is 9.47 Å². The minimum Gasteiger partial charge on any atom is -0.494 e. The van der Waals surface area contributed by atoms with Gasteiger partial charge in [-0.05, 0) is 64.1 Å². The molecule has 8 nitrogen and oxygen atoms in total. The van der Waals surface area contributed by atoms with Crippen LogP contribution in [0.2, 0.25) is 0 Å². The Labute approximate surface area is 212 Å². The number of aromatic nitrogens is 3. The molecule has 0 aliphatic heterocycles. The molecule has 4 rings (SSSR count). The summed E-state index contributed by atoms with van der Waals surface area (Å²) in [5.41, 5.74) is -0.0786. The number of methoxy groups -OCH3 is 1. The summed E-state index contributed by atoms with van der Waals surface area (Å²) in [6.07, 6.45) is 1.05. The number of fused-ring (bicyclic) bond motifs is 1. The maximum atomic E-state index is 14.2. The van der Waals surface area contributed by atoms with Gasteiger partial charge < -0.3 is 14.8 Å². The van der Waals surface area contributed by atoms with Crippen LogP contribution in [0, 0.1) is 5.82 Å². The molecular formula is C26H27FN4O4S. The lowest BCUT2D eigenvalue weighted by atomic mass is 10.2. The Kier molecular flexibility index (Phi) is 7.07. The first-order chi connectivity index (χ1) is 17.1. The van der Waals surface area contributed by atoms with E-state index >= 15 is 0 Å². The number of halogens is 1. The maximum absolute atomic E-state index is 14.2. The molecule has 0 unspecified atom stereocenters. The first kappa shape index (κ1) is 25.3. The quantitative estimate of drug-likeness (QED) is 0.375. The zero-order valence-corrected chi connectivity index (χ0v) is 21.4. The molecule has 0 spiro atoms. The van der Waals surface area contributed by atoms with E-state index in [0.717, 1.165) is 0 Å². The summed E-state index contributed by atoms with van der Waals surface area (Å²) < 4.78 is 27.6. The van der Waals surface area contributed by atoms with E-state index in [1.165, 1.54) is 34.0 Å². The van der Waals surface area contributed by atoms with Gasteiger partial charge in [-0.25, -0.2) is 13.7 Å². The summed E-state index contributed by atoms with van der Waals surface area (Å²) in [6, 6.07) is 14.8. The number of amides is 1. The van der Waals surface area contributed by atoms with E-state index in [1.807, 2.05) is 18.2 Å². The van der Waals surface area contributed by atoms with E-state index in [0.29, 0.717) is 26.8 Å². The van der Waals surface area contributed by atoms with Crippen molar-refractivity contribution in [3.63, 3.8) is 0 Å². The van der Waals surface area contributed by atoms with Gasteiger partial charge in [0.25, 0.3) is 5.56 Å². The molecule has 0 saturated heterocycles. The molecule has 1 N–H and O–H groups in total. The minimum absolute atomic E-state index is 0.144. The molecule has 4 aromatic rings. The number of para-hydroxylation sites is 1. The van der Waals surface area contributed by atoms with Crippen LogP contribution in [0.25, 0.3) is 11.2 Å². The first-order valence-electron chi connectivity index (χ1n) is 11.3. The molecule has 0 aliphatic carbocycles.